The molecule has 0 heterocycles. The summed E-state index contributed by atoms with van der Waals surface area (Å²) in [6, 6.07) is 9.40. The van der Waals surface area contributed by atoms with Gasteiger partial charge in [0.1, 0.15) is 17.5 Å². The van der Waals surface area contributed by atoms with Crippen LogP contribution in [0.25, 0.3) is 0 Å². The lowest BCUT2D eigenvalue weighted by molar-refractivity contribution is 0.193. The van der Waals surface area contributed by atoms with Gasteiger partial charge in [0.2, 0.25) is 0 Å². The van der Waals surface area contributed by atoms with E-state index in [1.54, 1.807) is 6.07 Å². The van der Waals surface area contributed by atoms with E-state index >= 15 is 0 Å². The monoisotopic (exact) mass is 384 g/mol. The molecule has 0 spiro atoms. The molecule has 148 valence electrons. The van der Waals surface area contributed by atoms with Crippen molar-refractivity contribution in [1.29, 1.82) is 0 Å². The quantitative estimate of drug-likeness (QED) is 0.485. The predicted molar refractivity (Wildman–Crippen MR) is 107 cm³/mol. The maximum absolute atomic E-state index is 14.3. The van der Waals surface area contributed by atoms with Gasteiger partial charge >= 0.3 is 0 Å². The molecule has 0 nitrogen and oxygen atoms in total. The highest BCUT2D eigenvalue weighted by molar-refractivity contribution is 5.38. The summed E-state index contributed by atoms with van der Waals surface area (Å²) < 4.78 is 41.8. The van der Waals surface area contributed by atoms with Crippen molar-refractivity contribution in [3.8, 4) is 0 Å². The van der Waals surface area contributed by atoms with Gasteiger partial charge in [-0.1, -0.05) is 37.6 Å². The van der Waals surface area contributed by atoms with E-state index in [1.165, 1.54) is 12.1 Å². The first-order chi connectivity index (χ1) is 13.6. The van der Waals surface area contributed by atoms with Crippen LogP contribution in [0, 0.1) is 29.3 Å². The van der Waals surface area contributed by atoms with E-state index in [9.17, 15) is 13.2 Å². The van der Waals surface area contributed by atoms with Crippen LogP contribution < -0.4 is 0 Å². The molecule has 2 aliphatic rings. The number of allylic oxidation sites excluding steroid dienone is 2. The zero-order valence-corrected chi connectivity index (χ0v) is 16.3. The molecule has 3 heteroatoms. The normalized spacial score (nSPS) is 26.9. The van der Waals surface area contributed by atoms with Gasteiger partial charge in [0, 0.05) is 6.07 Å². The van der Waals surface area contributed by atoms with Gasteiger partial charge in [-0.05, 0) is 90.7 Å². The van der Waals surface area contributed by atoms with Gasteiger partial charge in [-0.15, -0.1) is 0 Å². The predicted octanol–water partition coefficient (Wildman–Crippen LogP) is 7.30. The van der Waals surface area contributed by atoms with Crippen LogP contribution >= 0.6 is 0 Å². The van der Waals surface area contributed by atoms with Gasteiger partial charge in [0.05, 0.1) is 0 Å². The molecule has 0 N–H and O–H groups in total. The van der Waals surface area contributed by atoms with E-state index in [4.69, 9.17) is 0 Å². The molecule has 1 fully saturated rings. The Labute approximate surface area is 165 Å². The van der Waals surface area contributed by atoms with Crippen molar-refractivity contribution in [3.05, 3.63) is 82.7 Å². The second-order valence-electron chi connectivity index (χ2n) is 8.30. The van der Waals surface area contributed by atoms with Crippen molar-refractivity contribution in [2.45, 2.75) is 57.3 Å². The first-order valence-electron chi connectivity index (χ1n) is 10.5. The van der Waals surface area contributed by atoms with Crippen molar-refractivity contribution < 1.29 is 13.2 Å². The van der Waals surface area contributed by atoms with Crippen LogP contribution in [-0.4, -0.2) is 0 Å². The Morgan fingerprint density at radius 2 is 1.75 bits per heavy atom. The fourth-order valence-electron chi connectivity index (χ4n) is 5.46. The van der Waals surface area contributed by atoms with Crippen LogP contribution in [0.3, 0.4) is 0 Å². The van der Waals surface area contributed by atoms with Gasteiger partial charge in [-0.3, -0.25) is 0 Å². The van der Waals surface area contributed by atoms with Gasteiger partial charge in [-0.25, -0.2) is 13.2 Å². The summed E-state index contributed by atoms with van der Waals surface area (Å²) in [5, 5.41) is 0. The lowest BCUT2D eigenvalue weighted by atomic mass is 9.58. The van der Waals surface area contributed by atoms with E-state index in [0.717, 1.165) is 49.3 Å². The summed E-state index contributed by atoms with van der Waals surface area (Å²) in [4.78, 5) is 0. The number of hydrogen-bond acceptors (Lipinski definition) is 0. The average Bonchev–Trinajstić information content (AvgIpc) is 2.68. The SMILES string of the molecule is CCCC=C[C@@H]1CC[C@H]2c3cc(F)cc(F)c3CC[C@@H]2[C@H]1c1ccc(F)cc1. The molecule has 0 unspecified atom stereocenters. The Hall–Kier alpha value is -2.03. The molecular weight excluding hydrogens is 357 g/mol. The Morgan fingerprint density at radius 3 is 2.50 bits per heavy atom. The second-order valence-corrected chi connectivity index (χ2v) is 8.30. The van der Waals surface area contributed by atoms with Gasteiger partial charge in [-0.2, -0.15) is 0 Å². The number of rotatable bonds is 4. The summed E-state index contributed by atoms with van der Waals surface area (Å²) >= 11 is 0. The van der Waals surface area contributed by atoms with Crippen molar-refractivity contribution in [1.82, 2.24) is 0 Å². The van der Waals surface area contributed by atoms with Crippen molar-refractivity contribution >= 4 is 0 Å². The molecule has 2 aliphatic carbocycles. The van der Waals surface area contributed by atoms with Crippen molar-refractivity contribution in [3.63, 3.8) is 0 Å². The van der Waals surface area contributed by atoms with Gasteiger partial charge in [0.25, 0.3) is 0 Å². The van der Waals surface area contributed by atoms with E-state index < -0.39 is 11.6 Å². The Bertz CT molecular complexity index is 853. The fourth-order valence-corrected chi connectivity index (χ4v) is 5.46. The standard InChI is InChI=1S/C25H27F3/c1-2-3-4-5-16-8-11-20-22(25(16)17-6-9-18(26)10-7-17)13-12-21-23(20)14-19(27)15-24(21)28/h4-7,9-10,14-16,20,22,25H,2-3,8,11-13H2,1H3/t16-,20-,22+,25-/m1/s1. The lowest BCUT2D eigenvalue weighted by Crippen LogP contribution is -2.35. The zero-order valence-electron chi connectivity index (χ0n) is 16.3. The zero-order chi connectivity index (χ0) is 19.7. The molecule has 0 bridgehead atoms. The van der Waals surface area contributed by atoms with E-state index in [1.807, 2.05) is 12.1 Å². The molecule has 4 rings (SSSR count). The lowest BCUT2D eigenvalue weighted by Gasteiger charge is -2.46. The molecule has 1 saturated carbocycles. The number of halogens is 3. The minimum absolute atomic E-state index is 0.167. The Balaban J connectivity index is 1.73. The van der Waals surface area contributed by atoms with Crippen LogP contribution in [0.2, 0.25) is 0 Å². The number of fused-ring (bicyclic) bond motifs is 3. The molecule has 28 heavy (non-hydrogen) atoms. The van der Waals surface area contributed by atoms with E-state index in [-0.39, 0.29) is 17.7 Å². The average molecular weight is 384 g/mol. The van der Waals surface area contributed by atoms with Crippen LogP contribution in [0.1, 0.15) is 67.6 Å². The summed E-state index contributed by atoms with van der Waals surface area (Å²) in [6.45, 7) is 2.17. The molecule has 0 aliphatic heterocycles. The molecule has 0 radical (unpaired) electrons. The van der Waals surface area contributed by atoms with Crippen molar-refractivity contribution in [2.75, 3.05) is 0 Å². The molecule has 0 aromatic heterocycles. The maximum atomic E-state index is 14.3. The van der Waals surface area contributed by atoms with Gasteiger partial charge < -0.3 is 0 Å². The third-order valence-electron chi connectivity index (χ3n) is 6.67. The highest BCUT2D eigenvalue weighted by atomic mass is 19.1. The minimum Gasteiger partial charge on any atom is -0.207 e. The molecule has 2 aromatic carbocycles. The number of unbranched alkanes of at least 4 members (excludes halogenated alkanes) is 1. The van der Waals surface area contributed by atoms with E-state index in [0.29, 0.717) is 23.8 Å². The highest BCUT2D eigenvalue weighted by Gasteiger charge is 2.43. The third-order valence-corrected chi connectivity index (χ3v) is 6.67. The number of hydrogen-bond donors (Lipinski definition) is 0. The molecule has 0 amide bonds. The minimum atomic E-state index is -0.486. The van der Waals surface area contributed by atoms with Crippen molar-refractivity contribution in [2.24, 2.45) is 11.8 Å². The first kappa shape index (κ1) is 19.3. The molecular formula is C25H27F3. The smallest absolute Gasteiger partial charge is 0.129 e. The molecule has 2 aromatic rings. The number of benzene rings is 2. The fraction of sp³-hybridized carbons (Fsp3) is 0.440. The highest BCUT2D eigenvalue weighted by Crippen LogP contribution is 2.54. The molecule has 4 atom stereocenters. The summed E-state index contributed by atoms with van der Waals surface area (Å²) in [5.74, 6) is 0.0124. The van der Waals surface area contributed by atoms with Crippen LogP contribution in [-0.2, 0) is 6.42 Å². The Kier molecular flexibility index (Phi) is 5.61. The second kappa shape index (κ2) is 8.14. The van der Waals surface area contributed by atoms with Crippen LogP contribution in [0.15, 0.2) is 48.6 Å². The van der Waals surface area contributed by atoms with Crippen LogP contribution in [0.5, 0.6) is 0 Å². The molecule has 0 saturated heterocycles. The summed E-state index contributed by atoms with van der Waals surface area (Å²) in [7, 11) is 0. The topological polar surface area (TPSA) is 0 Å². The summed E-state index contributed by atoms with van der Waals surface area (Å²) in [5.41, 5.74) is 2.69. The Morgan fingerprint density at radius 1 is 0.964 bits per heavy atom. The van der Waals surface area contributed by atoms with Gasteiger partial charge in [0.15, 0.2) is 0 Å². The third kappa shape index (κ3) is 3.64. The largest absolute Gasteiger partial charge is 0.207 e. The maximum Gasteiger partial charge on any atom is 0.129 e. The first-order valence-corrected chi connectivity index (χ1v) is 10.5. The van der Waals surface area contributed by atoms with E-state index in [2.05, 4.69) is 19.1 Å². The summed E-state index contributed by atoms with van der Waals surface area (Å²) in [6.07, 6.45) is 10.2. The van der Waals surface area contributed by atoms with Crippen LogP contribution in [0.4, 0.5) is 13.2 Å².